The van der Waals surface area contributed by atoms with E-state index in [4.69, 9.17) is 11.6 Å². The van der Waals surface area contributed by atoms with Crippen molar-refractivity contribution < 1.29 is 4.39 Å². The fraction of sp³-hybridized carbons (Fsp3) is 0.400. The molecule has 6 heteroatoms. The van der Waals surface area contributed by atoms with Crippen LogP contribution in [0.2, 0.25) is 5.02 Å². The molecule has 1 aromatic heterocycles. The van der Waals surface area contributed by atoms with Crippen LogP contribution in [0.15, 0.2) is 22.7 Å². The van der Waals surface area contributed by atoms with E-state index >= 15 is 0 Å². The molecule has 114 valence electrons. The minimum Gasteiger partial charge on any atom is -0.313 e. The molecule has 0 aliphatic carbocycles. The molecule has 2 rings (SSSR count). The number of hydrogen-bond donors (Lipinski definition) is 1. The molecule has 1 N–H and O–H groups in total. The average molecular weight is 375 g/mol. The van der Waals surface area contributed by atoms with Gasteiger partial charge in [-0.05, 0) is 41.5 Å². The van der Waals surface area contributed by atoms with Crippen LogP contribution in [0.5, 0.6) is 0 Å². The van der Waals surface area contributed by atoms with Gasteiger partial charge >= 0.3 is 0 Å². The zero-order valence-electron chi connectivity index (χ0n) is 12.3. The third-order valence-electron chi connectivity index (χ3n) is 3.60. The number of likely N-dealkylation sites (N-methyl/N-ethyl adjacent to an activating group) is 1. The van der Waals surface area contributed by atoms with E-state index in [1.807, 2.05) is 11.7 Å². The Morgan fingerprint density at radius 1 is 1.48 bits per heavy atom. The normalized spacial score (nSPS) is 12.7. The van der Waals surface area contributed by atoms with Crippen molar-refractivity contribution in [3.8, 4) is 0 Å². The first-order chi connectivity index (χ1) is 9.99. The summed E-state index contributed by atoms with van der Waals surface area (Å²) in [5.41, 5.74) is 2.51. The van der Waals surface area contributed by atoms with Crippen molar-refractivity contribution in [3.05, 3.63) is 50.5 Å². The van der Waals surface area contributed by atoms with E-state index in [9.17, 15) is 4.39 Å². The SMILES string of the molecule is CCc1nn(C)c(CC(NC)c2c(F)cccc2Cl)c1Br. The van der Waals surface area contributed by atoms with Gasteiger partial charge in [0.1, 0.15) is 5.82 Å². The van der Waals surface area contributed by atoms with Crippen molar-refractivity contribution in [2.75, 3.05) is 7.05 Å². The van der Waals surface area contributed by atoms with Crippen molar-refractivity contribution >= 4 is 27.5 Å². The maximum atomic E-state index is 14.1. The predicted octanol–water partition coefficient (Wildman–Crippen LogP) is 4.04. The van der Waals surface area contributed by atoms with Crippen LogP contribution < -0.4 is 5.32 Å². The number of nitrogens with one attached hydrogen (secondary N) is 1. The summed E-state index contributed by atoms with van der Waals surface area (Å²) in [7, 11) is 3.70. The van der Waals surface area contributed by atoms with E-state index in [-0.39, 0.29) is 11.9 Å². The zero-order valence-corrected chi connectivity index (χ0v) is 14.6. The highest BCUT2D eigenvalue weighted by Crippen LogP contribution is 2.31. The van der Waals surface area contributed by atoms with Crippen LogP contribution in [-0.2, 0) is 19.9 Å². The highest BCUT2D eigenvalue weighted by Gasteiger charge is 2.22. The summed E-state index contributed by atoms with van der Waals surface area (Å²) in [5, 5.41) is 8.05. The maximum absolute atomic E-state index is 14.1. The van der Waals surface area contributed by atoms with Crippen molar-refractivity contribution in [1.82, 2.24) is 15.1 Å². The summed E-state index contributed by atoms with van der Waals surface area (Å²) in [6.07, 6.45) is 1.44. The second-order valence-corrected chi connectivity index (χ2v) is 6.07. The van der Waals surface area contributed by atoms with Gasteiger partial charge in [-0.2, -0.15) is 5.10 Å². The van der Waals surface area contributed by atoms with E-state index in [0.29, 0.717) is 17.0 Å². The molecule has 21 heavy (non-hydrogen) atoms. The smallest absolute Gasteiger partial charge is 0.129 e. The quantitative estimate of drug-likeness (QED) is 0.856. The summed E-state index contributed by atoms with van der Waals surface area (Å²) in [4.78, 5) is 0. The molecule has 0 saturated heterocycles. The Balaban J connectivity index is 2.38. The topological polar surface area (TPSA) is 29.9 Å². The molecule has 0 spiro atoms. The third kappa shape index (κ3) is 3.30. The standard InChI is InChI=1S/C15H18BrClFN3/c1-4-11-15(16)13(21(3)20-11)8-12(19-2)14-9(17)6-5-7-10(14)18/h5-7,12,19H,4,8H2,1-3H3. The summed E-state index contributed by atoms with van der Waals surface area (Å²) in [6.45, 7) is 2.06. The van der Waals surface area contributed by atoms with E-state index < -0.39 is 0 Å². The molecule has 3 nitrogen and oxygen atoms in total. The van der Waals surface area contributed by atoms with Gasteiger partial charge in [0.2, 0.25) is 0 Å². The molecule has 0 radical (unpaired) electrons. The first-order valence-electron chi connectivity index (χ1n) is 6.81. The van der Waals surface area contributed by atoms with Gasteiger partial charge in [-0.3, -0.25) is 4.68 Å². The summed E-state index contributed by atoms with van der Waals surface area (Å²) < 4.78 is 16.9. The number of benzene rings is 1. The molecule has 0 bridgehead atoms. The molecule has 1 unspecified atom stereocenters. The van der Waals surface area contributed by atoms with Gasteiger partial charge in [0, 0.05) is 30.1 Å². The van der Waals surface area contributed by atoms with E-state index in [1.165, 1.54) is 6.07 Å². The average Bonchev–Trinajstić information content (AvgIpc) is 2.72. The fourth-order valence-corrected chi connectivity index (χ4v) is 3.50. The van der Waals surface area contributed by atoms with Gasteiger partial charge in [-0.15, -0.1) is 0 Å². The van der Waals surface area contributed by atoms with E-state index in [2.05, 4.69) is 33.3 Å². The Morgan fingerprint density at radius 3 is 2.71 bits per heavy atom. The second kappa shape index (κ2) is 6.90. The Bertz CT molecular complexity index is 622. The zero-order chi connectivity index (χ0) is 15.6. The molecular formula is C15H18BrClFN3. The molecule has 0 aliphatic heterocycles. The van der Waals surface area contributed by atoms with Gasteiger partial charge in [0.05, 0.1) is 15.9 Å². The van der Waals surface area contributed by atoms with Gasteiger partial charge in [0.15, 0.2) is 0 Å². The lowest BCUT2D eigenvalue weighted by atomic mass is 10.0. The molecule has 1 heterocycles. The minimum absolute atomic E-state index is 0.213. The molecule has 1 aromatic carbocycles. The number of aryl methyl sites for hydroxylation is 2. The van der Waals surface area contributed by atoms with Crippen molar-refractivity contribution in [3.63, 3.8) is 0 Å². The molecule has 2 aromatic rings. The Hall–Kier alpha value is -0.910. The summed E-state index contributed by atoms with van der Waals surface area (Å²) >= 11 is 9.76. The fourth-order valence-electron chi connectivity index (χ4n) is 2.43. The molecule has 0 aliphatic rings. The molecule has 0 fully saturated rings. The molecule has 0 saturated carbocycles. The Kier molecular flexibility index (Phi) is 5.41. The maximum Gasteiger partial charge on any atom is 0.129 e. The van der Waals surface area contributed by atoms with Crippen LogP contribution in [0.1, 0.15) is 29.9 Å². The predicted molar refractivity (Wildman–Crippen MR) is 87.2 cm³/mol. The van der Waals surface area contributed by atoms with E-state index in [1.54, 1.807) is 19.2 Å². The molecule has 0 amide bonds. The highest BCUT2D eigenvalue weighted by atomic mass is 79.9. The molecule has 1 atom stereocenters. The lowest BCUT2D eigenvalue weighted by Crippen LogP contribution is -2.22. The van der Waals surface area contributed by atoms with Crippen molar-refractivity contribution in [2.24, 2.45) is 7.05 Å². The number of aromatic nitrogens is 2. The van der Waals surface area contributed by atoms with Crippen LogP contribution in [0, 0.1) is 5.82 Å². The minimum atomic E-state index is -0.296. The van der Waals surface area contributed by atoms with Gasteiger partial charge in [-0.1, -0.05) is 24.6 Å². The Morgan fingerprint density at radius 2 is 2.19 bits per heavy atom. The first kappa shape index (κ1) is 16.5. The highest BCUT2D eigenvalue weighted by molar-refractivity contribution is 9.10. The number of halogens is 3. The van der Waals surface area contributed by atoms with Crippen LogP contribution in [0.25, 0.3) is 0 Å². The van der Waals surface area contributed by atoms with Crippen molar-refractivity contribution in [2.45, 2.75) is 25.8 Å². The second-order valence-electron chi connectivity index (χ2n) is 4.87. The van der Waals surface area contributed by atoms with Crippen LogP contribution in [-0.4, -0.2) is 16.8 Å². The van der Waals surface area contributed by atoms with Gasteiger partial charge in [0.25, 0.3) is 0 Å². The Labute approximate surface area is 137 Å². The lowest BCUT2D eigenvalue weighted by Gasteiger charge is -2.19. The van der Waals surface area contributed by atoms with Gasteiger partial charge in [-0.25, -0.2) is 4.39 Å². The van der Waals surface area contributed by atoms with Crippen LogP contribution >= 0.6 is 27.5 Å². The number of rotatable bonds is 5. The van der Waals surface area contributed by atoms with Crippen molar-refractivity contribution in [1.29, 1.82) is 0 Å². The summed E-state index contributed by atoms with van der Waals surface area (Å²) in [6, 6.07) is 4.54. The largest absolute Gasteiger partial charge is 0.313 e. The van der Waals surface area contributed by atoms with Crippen LogP contribution in [0.3, 0.4) is 0 Å². The lowest BCUT2D eigenvalue weighted by molar-refractivity contribution is 0.519. The monoisotopic (exact) mass is 373 g/mol. The third-order valence-corrected chi connectivity index (χ3v) is 4.84. The number of nitrogens with zero attached hydrogens (tertiary/aromatic N) is 2. The number of hydrogen-bond acceptors (Lipinski definition) is 2. The van der Waals surface area contributed by atoms with E-state index in [0.717, 1.165) is 22.3 Å². The van der Waals surface area contributed by atoms with Crippen LogP contribution in [0.4, 0.5) is 4.39 Å². The van der Waals surface area contributed by atoms with Gasteiger partial charge < -0.3 is 5.32 Å². The summed E-state index contributed by atoms with van der Waals surface area (Å²) in [5.74, 6) is -0.296. The first-order valence-corrected chi connectivity index (χ1v) is 7.98. The molecular weight excluding hydrogens is 357 g/mol.